The molecule has 0 spiro atoms. The van der Waals surface area contributed by atoms with Crippen LogP contribution in [-0.2, 0) is 11.3 Å². The second-order valence-electron chi connectivity index (χ2n) is 5.94. The molecule has 2 rings (SSSR count). The first-order valence-electron chi connectivity index (χ1n) is 8.32. The van der Waals surface area contributed by atoms with Crippen molar-refractivity contribution in [3.05, 3.63) is 54.1 Å². The fourth-order valence-corrected chi connectivity index (χ4v) is 3.18. The number of benzene rings is 2. The Morgan fingerprint density at radius 3 is 2.44 bits per heavy atom. The van der Waals surface area contributed by atoms with Gasteiger partial charge in [0.25, 0.3) is 0 Å². The van der Waals surface area contributed by atoms with Crippen molar-refractivity contribution in [2.24, 2.45) is 0 Å². The summed E-state index contributed by atoms with van der Waals surface area (Å²) >= 11 is 1.55. The van der Waals surface area contributed by atoms with Crippen molar-refractivity contribution in [1.82, 2.24) is 5.32 Å². The molecule has 5 heteroatoms. The third-order valence-corrected chi connectivity index (χ3v) is 4.59. The second kappa shape index (κ2) is 9.37. The van der Waals surface area contributed by atoms with Gasteiger partial charge in [0, 0.05) is 11.4 Å². The number of amides is 1. The first-order chi connectivity index (χ1) is 12.0. The Morgan fingerprint density at radius 2 is 1.80 bits per heavy atom. The zero-order valence-electron chi connectivity index (χ0n) is 15.1. The van der Waals surface area contributed by atoms with Gasteiger partial charge >= 0.3 is 0 Å². The Morgan fingerprint density at radius 1 is 1.08 bits per heavy atom. The lowest BCUT2D eigenvalue weighted by molar-refractivity contribution is -0.120. The van der Waals surface area contributed by atoms with Crippen molar-refractivity contribution in [1.29, 1.82) is 0 Å². The first-order valence-corrected chi connectivity index (χ1v) is 9.20. The molecular formula is C20H25NO3S. The maximum absolute atomic E-state index is 12.3. The summed E-state index contributed by atoms with van der Waals surface area (Å²) < 4.78 is 11.1. The SMILES string of the molecule is COc1cc(CNC(=O)C(C)Sc2ccccc2)ccc1OC(C)C. The maximum Gasteiger partial charge on any atom is 0.233 e. The van der Waals surface area contributed by atoms with Crippen LogP contribution in [0.25, 0.3) is 0 Å². The topological polar surface area (TPSA) is 47.6 Å². The molecule has 25 heavy (non-hydrogen) atoms. The van der Waals surface area contributed by atoms with E-state index in [2.05, 4.69) is 5.32 Å². The van der Waals surface area contributed by atoms with E-state index in [9.17, 15) is 4.79 Å². The van der Waals surface area contributed by atoms with Crippen LogP contribution in [0, 0.1) is 0 Å². The molecule has 0 aliphatic heterocycles. The standard InChI is InChI=1S/C20H25NO3S/c1-14(2)24-18-11-10-16(12-19(18)23-4)13-21-20(22)15(3)25-17-8-6-5-7-9-17/h5-12,14-15H,13H2,1-4H3,(H,21,22). The van der Waals surface area contributed by atoms with Gasteiger partial charge in [-0.05, 0) is 50.6 Å². The van der Waals surface area contributed by atoms with Crippen LogP contribution < -0.4 is 14.8 Å². The molecule has 0 bridgehead atoms. The lowest BCUT2D eigenvalue weighted by Gasteiger charge is -2.15. The number of carbonyl (C=O) groups excluding carboxylic acids is 1. The second-order valence-corrected chi connectivity index (χ2v) is 7.36. The molecule has 134 valence electrons. The van der Waals surface area contributed by atoms with Gasteiger partial charge in [-0.15, -0.1) is 11.8 Å². The average Bonchev–Trinajstić information content (AvgIpc) is 2.60. The molecule has 0 aromatic heterocycles. The fourth-order valence-electron chi connectivity index (χ4n) is 2.26. The average molecular weight is 359 g/mol. The summed E-state index contributed by atoms with van der Waals surface area (Å²) in [5.41, 5.74) is 0.971. The third kappa shape index (κ3) is 6.02. The van der Waals surface area contributed by atoms with Crippen LogP contribution in [0.5, 0.6) is 11.5 Å². The first kappa shape index (κ1) is 19.2. The van der Waals surface area contributed by atoms with Gasteiger partial charge in [0.2, 0.25) is 5.91 Å². The summed E-state index contributed by atoms with van der Waals surface area (Å²) in [7, 11) is 1.61. The largest absolute Gasteiger partial charge is 0.493 e. The highest BCUT2D eigenvalue weighted by Gasteiger charge is 2.14. The van der Waals surface area contributed by atoms with E-state index in [0.29, 0.717) is 18.0 Å². The molecule has 2 aromatic rings. The molecule has 1 amide bonds. The van der Waals surface area contributed by atoms with Crippen molar-refractivity contribution >= 4 is 17.7 Å². The summed E-state index contributed by atoms with van der Waals surface area (Å²) in [5, 5.41) is 2.81. The Bertz CT molecular complexity index is 689. The Labute approximate surface area is 153 Å². The number of nitrogens with one attached hydrogen (secondary N) is 1. The number of hydrogen-bond donors (Lipinski definition) is 1. The van der Waals surface area contributed by atoms with Crippen LogP contribution in [0.2, 0.25) is 0 Å². The zero-order chi connectivity index (χ0) is 18.2. The van der Waals surface area contributed by atoms with E-state index in [4.69, 9.17) is 9.47 Å². The summed E-state index contributed by atoms with van der Waals surface area (Å²) in [5.74, 6) is 1.39. The number of methoxy groups -OCH3 is 1. The minimum atomic E-state index is -0.159. The van der Waals surface area contributed by atoms with Crippen LogP contribution in [0.4, 0.5) is 0 Å². The van der Waals surface area contributed by atoms with Gasteiger partial charge in [-0.3, -0.25) is 4.79 Å². The molecule has 0 fully saturated rings. The van der Waals surface area contributed by atoms with Crippen molar-refractivity contribution in [2.75, 3.05) is 7.11 Å². The monoisotopic (exact) mass is 359 g/mol. The van der Waals surface area contributed by atoms with Crippen LogP contribution in [0.1, 0.15) is 26.3 Å². The Kier molecular flexibility index (Phi) is 7.19. The van der Waals surface area contributed by atoms with Crippen molar-refractivity contribution in [3.8, 4) is 11.5 Å². The summed E-state index contributed by atoms with van der Waals surface area (Å²) in [6, 6.07) is 15.6. The van der Waals surface area contributed by atoms with Crippen molar-refractivity contribution in [3.63, 3.8) is 0 Å². The predicted molar refractivity (Wildman–Crippen MR) is 102 cm³/mol. The van der Waals surface area contributed by atoms with Crippen LogP contribution >= 0.6 is 11.8 Å². The van der Waals surface area contributed by atoms with Gasteiger partial charge in [-0.2, -0.15) is 0 Å². The molecule has 2 aromatic carbocycles. The summed E-state index contributed by atoms with van der Waals surface area (Å²) in [6.45, 7) is 6.31. The summed E-state index contributed by atoms with van der Waals surface area (Å²) in [4.78, 5) is 13.4. The number of thioether (sulfide) groups is 1. The highest BCUT2D eigenvalue weighted by Crippen LogP contribution is 2.29. The van der Waals surface area contributed by atoms with E-state index in [0.717, 1.165) is 10.5 Å². The highest BCUT2D eigenvalue weighted by atomic mass is 32.2. The lowest BCUT2D eigenvalue weighted by Crippen LogP contribution is -2.30. The molecule has 0 aliphatic carbocycles. The van der Waals surface area contributed by atoms with Crippen molar-refractivity contribution in [2.45, 2.75) is 43.6 Å². The van der Waals surface area contributed by atoms with Crippen molar-refractivity contribution < 1.29 is 14.3 Å². The molecule has 0 aliphatic rings. The fraction of sp³-hybridized carbons (Fsp3) is 0.350. The van der Waals surface area contributed by atoms with Gasteiger partial charge < -0.3 is 14.8 Å². The van der Waals surface area contributed by atoms with E-state index >= 15 is 0 Å². The lowest BCUT2D eigenvalue weighted by atomic mass is 10.2. The minimum absolute atomic E-state index is 0.00956. The molecule has 0 saturated carbocycles. The zero-order valence-corrected chi connectivity index (χ0v) is 15.9. The minimum Gasteiger partial charge on any atom is -0.493 e. The normalized spacial score (nSPS) is 11.9. The van der Waals surface area contributed by atoms with E-state index in [1.807, 2.05) is 69.3 Å². The summed E-state index contributed by atoms with van der Waals surface area (Å²) in [6.07, 6.45) is 0.0790. The number of carbonyl (C=O) groups is 1. The molecular weight excluding hydrogens is 334 g/mol. The molecule has 4 nitrogen and oxygen atoms in total. The molecule has 0 saturated heterocycles. The Balaban J connectivity index is 1.92. The van der Waals surface area contributed by atoms with Gasteiger partial charge in [-0.25, -0.2) is 0 Å². The van der Waals surface area contributed by atoms with Crippen LogP contribution in [0.15, 0.2) is 53.4 Å². The number of ether oxygens (including phenoxy) is 2. The van der Waals surface area contributed by atoms with Gasteiger partial charge in [0.05, 0.1) is 18.5 Å². The van der Waals surface area contributed by atoms with E-state index < -0.39 is 0 Å². The molecule has 1 N–H and O–H groups in total. The Hall–Kier alpha value is -2.14. The predicted octanol–water partition coefficient (Wildman–Crippen LogP) is 4.28. The molecule has 1 atom stereocenters. The quantitative estimate of drug-likeness (QED) is 0.715. The van der Waals surface area contributed by atoms with E-state index in [1.54, 1.807) is 18.9 Å². The molecule has 1 unspecified atom stereocenters. The van der Waals surface area contributed by atoms with Gasteiger partial charge in [-0.1, -0.05) is 24.3 Å². The van der Waals surface area contributed by atoms with E-state index in [1.165, 1.54) is 0 Å². The van der Waals surface area contributed by atoms with Gasteiger partial charge in [0.1, 0.15) is 0 Å². The molecule has 0 radical (unpaired) electrons. The number of hydrogen-bond acceptors (Lipinski definition) is 4. The smallest absolute Gasteiger partial charge is 0.233 e. The maximum atomic E-state index is 12.3. The van der Waals surface area contributed by atoms with Crippen LogP contribution in [-0.4, -0.2) is 24.4 Å². The van der Waals surface area contributed by atoms with Crippen LogP contribution in [0.3, 0.4) is 0 Å². The van der Waals surface area contributed by atoms with E-state index in [-0.39, 0.29) is 17.3 Å². The third-order valence-electron chi connectivity index (χ3n) is 3.48. The van der Waals surface area contributed by atoms with Gasteiger partial charge in [0.15, 0.2) is 11.5 Å². The number of rotatable bonds is 8. The molecule has 0 heterocycles. The highest BCUT2D eigenvalue weighted by molar-refractivity contribution is 8.00.